The van der Waals surface area contributed by atoms with Crippen LogP contribution < -0.4 is 5.32 Å². The van der Waals surface area contributed by atoms with Crippen molar-refractivity contribution in [1.29, 1.82) is 0 Å². The summed E-state index contributed by atoms with van der Waals surface area (Å²) in [6.45, 7) is 11.0. The highest BCUT2D eigenvalue weighted by Gasteiger charge is 2.54. The quantitative estimate of drug-likeness (QED) is 0.807. The van der Waals surface area contributed by atoms with Gasteiger partial charge in [0, 0.05) is 31.7 Å². The number of rotatable bonds is 5. The maximum atomic E-state index is 3.76. The second kappa shape index (κ2) is 4.79. The molecule has 0 bridgehead atoms. The van der Waals surface area contributed by atoms with E-state index in [9.17, 15) is 0 Å². The van der Waals surface area contributed by atoms with Gasteiger partial charge in [-0.2, -0.15) is 0 Å². The maximum Gasteiger partial charge on any atom is 0.0219 e. The molecule has 2 unspecified atom stereocenters. The van der Waals surface area contributed by atoms with Crippen LogP contribution in [0.25, 0.3) is 0 Å². The van der Waals surface area contributed by atoms with Crippen LogP contribution in [0.5, 0.6) is 0 Å². The molecule has 2 heteroatoms. The Morgan fingerprint density at radius 3 is 2.50 bits per heavy atom. The molecular weight excluding hydrogens is 220 g/mol. The lowest BCUT2D eigenvalue weighted by Gasteiger charge is -2.43. The molecule has 1 aliphatic heterocycles. The first-order valence-electron chi connectivity index (χ1n) is 8.12. The topological polar surface area (TPSA) is 15.3 Å². The third-order valence-corrected chi connectivity index (χ3v) is 5.69. The Morgan fingerprint density at radius 2 is 2.00 bits per heavy atom. The number of nitrogens with one attached hydrogen (secondary N) is 1. The van der Waals surface area contributed by atoms with Gasteiger partial charge in [-0.15, -0.1) is 0 Å². The molecule has 0 radical (unpaired) electrons. The van der Waals surface area contributed by atoms with Gasteiger partial charge in [0.25, 0.3) is 0 Å². The van der Waals surface area contributed by atoms with Crippen LogP contribution in [0.15, 0.2) is 0 Å². The first-order chi connectivity index (χ1) is 8.64. The second-order valence-corrected chi connectivity index (χ2v) is 7.39. The summed E-state index contributed by atoms with van der Waals surface area (Å²) in [5.41, 5.74) is 0.770. The van der Waals surface area contributed by atoms with Crippen molar-refractivity contribution in [3.8, 4) is 0 Å². The lowest BCUT2D eigenvalue weighted by Crippen LogP contribution is -2.59. The molecule has 1 heterocycles. The fourth-order valence-corrected chi connectivity index (χ4v) is 3.88. The smallest absolute Gasteiger partial charge is 0.0219 e. The Bertz CT molecular complexity index is 291. The molecule has 18 heavy (non-hydrogen) atoms. The van der Waals surface area contributed by atoms with E-state index >= 15 is 0 Å². The maximum absolute atomic E-state index is 3.76. The third-order valence-electron chi connectivity index (χ3n) is 5.69. The first-order valence-corrected chi connectivity index (χ1v) is 8.12. The SMILES string of the molecule is CCC1CNC(C(C)C)CN1CC1(C2CC2)CC1. The lowest BCUT2D eigenvalue weighted by atomic mass is 9.94. The Kier molecular flexibility index (Phi) is 3.44. The van der Waals surface area contributed by atoms with Gasteiger partial charge in [0.15, 0.2) is 0 Å². The van der Waals surface area contributed by atoms with Crippen LogP contribution in [-0.4, -0.2) is 36.6 Å². The van der Waals surface area contributed by atoms with Crippen molar-refractivity contribution in [2.24, 2.45) is 17.3 Å². The molecule has 2 aliphatic carbocycles. The Hall–Kier alpha value is -0.0800. The van der Waals surface area contributed by atoms with Gasteiger partial charge in [0.2, 0.25) is 0 Å². The molecular formula is C16H30N2. The summed E-state index contributed by atoms with van der Waals surface area (Å²) in [5.74, 6) is 1.86. The molecule has 2 nitrogen and oxygen atoms in total. The highest BCUT2D eigenvalue weighted by atomic mass is 15.2. The van der Waals surface area contributed by atoms with E-state index in [1.54, 1.807) is 0 Å². The molecule has 3 aliphatic rings. The fraction of sp³-hybridized carbons (Fsp3) is 1.00. The van der Waals surface area contributed by atoms with Crippen molar-refractivity contribution in [3.05, 3.63) is 0 Å². The van der Waals surface area contributed by atoms with Crippen LogP contribution >= 0.6 is 0 Å². The highest BCUT2D eigenvalue weighted by Crippen LogP contribution is 2.61. The summed E-state index contributed by atoms with van der Waals surface area (Å²) in [6.07, 6.45) is 7.39. The minimum atomic E-state index is 0.711. The molecule has 0 aromatic rings. The van der Waals surface area contributed by atoms with Gasteiger partial charge in [-0.25, -0.2) is 0 Å². The van der Waals surface area contributed by atoms with E-state index in [4.69, 9.17) is 0 Å². The van der Waals surface area contributed by atoms with E-state index in [1.807, 2.05) is 0 Å². The van der Waals surface area contributed by atoms with Gasteiger partial charge in [0.1, 0.15) is 0 Å². The Balaban J connectivity index is 1.63. The minimum Gasteiger partial charge on any atom is -0.311 e. The summed E-state index contributed by atoms with van der Waals surface area (Å²) in [6, 6.07) is 1.50. The molecule has 1 saturated heterocycles. The monoisotopic (exact) mass is 250 g/mol. The predicted octanol–water partition coefficient (Wildman–Crippen LogP) is 2.89. The van der Waals surface area contributed by atoms with Gasteiger partial charge in [0.05, 0.1) is 0 Å². The molecule has 3 rings (SSSR count). The van der Waals surface area contributed by atoms with E-state index in [2.05, 4.69) is 31.0 Å². The molecule has 0 aromatic heterocycles. The van der Waals surface area contributed by atoms with E-state index in [1.165, 1.54) is 51.7 Å². The summed E-state index contributed by atoms with van der Waals surface area (Å²) in [7, 11) is 0. The van der Waals surface area contributed by atoms with Crippen LogP contribution in [0.3, 0.4) is 0 Å². The first kappa shape index (κ1) is 12.9. The normalized spacial score (nSPS) is 36.0. The van der Waals surface area contributed by atoms with Crippen LogP contribution in [0, 0.1) is 17.3 Å². The largest absolute Gasteiger partial charge is 0.311 e. The molecule has 0 aromatic carbocycles. The van der Waals surface area contributed by atoms with Gasteiger partial charge < -0.3 is 5.32 Å². The zero-order chi connectivity index (χ0) is 12.8. The van der Waals surface area contributed by atoms with Gasteiger partial charge >= 0.3 is 0 Å². The summed E-state index contributed by atoms with van der Waals surface area (Å²) in [5, 5.41) is 3.76. The number of hydrogen-bond acceptors (Lipinski definition) is 2. The van der Waals surface area contributed by atoms with Crippen LogP contribution in [0.4, 0.5) is 0 Å². The Morgan fingerprint density at radius 1 is 1.28 bits per heavy atom. The van der Waals surface area contributed by atoms with Crippen molar-refractivity contribution in [2.45, 2.75) is 65.0 Å². The van der Waals surface area contributed by atoms with E-state index in [-0.39, 0.29) is 0 Å². The van der Waals surface area contributed by atoms with Gasteiger partial charge in [-0.05, 0) is 49.4 Å². The van der Waals surface area contributed by atoms with Gasteiger partial charge in [-0.1, -0.05) is 20.8 Å². The molecule has 0 spiro atoms. The van der Waals surface area contributed by atoms with Crippen molar-refractivity contribution >= 4 is 0 Å². The van der Waals surface area contributed by atoms with Gasteiger partial charge in [-0.3, -0.25) is 4.90 Å². The van der Waals surface area contributed by atoms with Crippen molar-refractivity contribution in [3.63, 3.8) is 0 Å². The molecule has 2 atom stereocenters. The van der Waals surface area contributed by atoms with Crippen molar-refractivity contribution in [2.75, 3.05) is 19.6 Å². The number of nitrogens with zero attached hydrogens (tertiary/aromatic N) is 1. The zero-order valence-corrected chi connectivity index (χ0v) is 12.4. The average molecular weight is 250 g/mol. The lowest BCUT2D eigenvalue weighted by molar-refractivity contribution is 0.0825. The number of hydrogen-bond donors (Lipinski definition) is 1. The molecule has 3 fully saturated rings. The summed E-state index contributed by atoms with van der Waals surface area (Å²) < 4.78 is 0. The fourth-order valence-electron chi connectivity index (χ4n) is 3.88. The predicted molar refractivity (Wildman–Crippen MR) is 76.7 cm³/mol. The van der Waals surface area contributed by atoms with Crippen LogP contribution in [0.2, 0.25) is 0 Å². The van der Waals surface area contributed by atoms with Crippen LogP contribution in [0.1, 0.15) is 52.9 Å². The zero-order valence-electron chi connectivity index (χ0n) is 12.4. The Labute approximate surface area is 113 Å². The minimum absolute atomic E-state index is 0.711. The second-order valence-electron chi connectivity index (χ2n) is 7.39. The molecule has 1 N–H and O–H groups in total. The summed E-state index contributed by atoms with van der Waals surface area (Å²) in [4.78, 5) is 2.84. The number of piperazine rings is 1. The molecule has 0 amide bonds. The molecule has 2 saturated carbocycles. The van der Waals surface area contributed by atoms with E-state index in [0.29, 0.717) is 6.04 Å². The van der Waals surface area contributed by atoms with Crippen molar-refractivity contribution < 1.29 is 0 Å². The highest BCUT2D eigenvalue weighted by molar-refractivity contribution is 5.06. The summed E-state index contributed by atoms with van der Waals surface area (Å²) >= 11 is 0. The van der Waals surface area contributed by atoms with Crippen LogP contribution in [-0.2, 0) is 0 Å². The third kappa shape index (κ3) is 2.46. The van der Waals surface area contributed by atoms with Crippen molar-refractivity contribution in [1.82, 2.24) is 10.2 Å². The van der Waals surface area contributed by atoms with E-state index < -0.39 is 0 Å². The van der Waals surface area contributed by atoms with E-state index in [0.717, 1.165) is 23.3 Å². The average Bonchev–Trinajstić information content (AvgIpc) is 3.21. The molecule has 104 valence electrons. The standard InChI is InChI=1S/C16H30N2/c1-4-14-9-17-15(12(2)3)10-18(14)11-16(7-8-16)13-5-6-13/h12-15,17H,4-11H2,1-3H3.